The average molecular weight is 447 g/mol. The van der Waals surface area contributed by atoms with E-state index in [1.54, 1.807) is 0 Å². The van der Waals surface area contributed by atoms with E-state index in [0.29, 0.717) is 18.0 Å². The first-order chi connectivity index (χ1) is 16.8. The highest BCUT2D eigenvalue weighted by Gasteiger charge is 2.46. The molecule has 2 aliphatic carbocycles. The van der Waals surface area contributed by atoms with Crippen LogP contribution in [0.15, 0.2) is 72.7 Å². The van der Waals surface area contributed by atoms with Crippen molar-refractivity contribution >= 4 is 0 Å². The first-order valence-electron chi connectivity index (χ1n) is 12.3. The monoisotopic (exact) mass is 446 g/mol. The molecule has 0 bridgehead atoms. The van der Waals surface area contributed by atoms with Crippen molar-refractivity contribution in [2.75, 3.05) is 0 Å². The average Bonchev–Trinajstić information content (AvgIpc) is 3.46. The minimum atomic E-state index is 0.322. The van der Waals surface area contributed by atoms with Crippen LogP contribution >= 0.6 is 0 Å². The van der Waals surface area contributed by atoms with Gasteiger partial charge in [0.1, 0.15) is 11.6 Å². The molecule has 2 saturated heterocycles. The number of rotatable bonds is 5. The molecule has 3 fully saturated rings. The largest absolute Gasteiger partial charge is 0.378 e. The third kappa shape index (κ3) is 3.13. The molecule has 34 heavy (non-hydrogen) atoms. The Bertz CT molecular complexity index is 1400. The van der Waals surface area contributed by atoms with Crippen LogP contribution in [0, 0.1) is 11.8 Å². The first kappa shape index (κ1) is 18.7. The summed E-state index contributed by atoms with van der Waals surface area (Å²) in [6.45, 7) is 0. The van der Waals surface area contributed by atoms with Crippen molar-refractivity contribution in [3.8, 4) is 33.6 Å². The van der Waals surface area contributed by atoms with Crippen LogP contribution in [-0.4, -0.2) is 26.0 Å². The topological polar surface area (TPSA) is 81.4 Å². The minimum absolute atomic E-state index is 0.322. The van der Waals surface area contributed by atoms with E-state index in [0.717, 1.165) is 47.0 Å². The Morgan fingerprint density at radius 2 is 1.24 bits per heavy atom. The number of aromatic amines is 2. The van der Waals surface area contributed by atoms with Gasteiger partial charge in [0.05, 0.1) is 35.9 Å². The Morgan fingerprint density at radius 1 is 0.647 bits per heavy atom. The van der Waals surface area contributed by atoms with Gasteiger partial charge in [0.25, 0.3) is 0 Å². The third-order valence-corrected chi connectivity index (χ3v) is 7.95. The summed E-state index contributed by atoms with van der Waals surface area (Å²) in [5.74, 6) is 3.63. The Balaban J connectivity index is 0.975. The molecule has 6 heteroatoms. The van der Waals surface area contributed by atoms with Gasteiger partial charge < -0.3 is 20.6 Å². The van der Waals surface area contributed by atoms with Gasteiger partial charge in [-0.15, -0.1) is 0 Å². The smallest absolute Gasteiger partial charge is 0.129 e. The van der Waals surface area contributed by atoms with Crippen molar-refractivity contribution in [3.63, 3.8) is 0 Å². The van der Waals surface area contributed by atoms with Gasteiger partial charge in [-0.25, -0.2) is 9.97 Å². The van der Waals surface area contributed by atoms with Gasteiger partial charge in [0.15, 0.2) is 0 Å². The molecule has 5 atom stereocenters. The lowest BCUT2D eigenvalue weighted by Gasteiger charge is -2.09. The number of H-pyrrole nitrogens is 2. The summed E-state index contributed by atoms with van der Waals surface area (Å²) in [5, 5.41) is 7.20. The molecule has 5 unspecified atom stereocenters. The molecule has 4 aromatic rings. The Morgan fingerprint density at radius 3 is 1.76 bits per heavy atom. The highest BCUT2D eigenvalue weighted by atomic mass is 15.1. The molecule has 0 amide bonds. The van der Waals surface area contributed by atoms with Crippen molar-refractivity contribution < 1.29 is 0 Å². The zero-order valence-corrected chi connectivity index (χ0v) is 18.8. The van der Waals surface area contributed by atoms with Crippen LogP contribution < -0.4 is 10.6 Å². The lowest BCUT2D eigenvalue weighted by atomic mass is 10.0. The molecule has 8 rings (SSSR count). The first-order valence-corrected chi connectivity index (χ1v) is 12.3. The standard InChI is InChI=1S/C28H26N6/c1-5-17(25-13-29-27(33-25)23-11-19-9-21(19)31-23)6-2-15(1)16-3-7-18(8-4-16)26-14-30-28(34-26)24-12-20-10-22(20)32-24/h1-9,13-14,19-20,22-24,31-32H,10-12H2,(H,29,33)(H,30,34). The van der Waals surface area contributed by atoms with Crippen LogP contribution in [-0.2, 0) is 0 Å². The number of hydrogen-bond donors (Lipinski definition) is 4. The van der Waals surface area contributed by atoms with Crippen LogP contribution in [0.3, 0.4) is 0 Å². The maximum atomic E-state index is 4.65. The predicted molar refractivity (Wildman–Crippen MR) is 131 cm³/mol. The maximum Gasteiger partial charge on any atom is 0.129 e. The summed E-state index contributed by atoms with van der Waals surface area (Å²) in [5.41, 5.74) is 8.27. The molecule has 0 spiro atoms. The normalized spacial score (nSPS) is 28.2. The fourth-order valence-electron chi connectivity index (χ4n) is 5.75. The third-order valence-electron chi connectivity index (χ3n) is 7.95. The van der Waals surface area contributed by atoms with Gasteiger partial charge in [-0.3, -0.25) is 0 Å². The number of fused-ring (bicyclic) bond motifs is 2. The molecule has 2 aliphatic heterocycles. The summed E-state index contributed by atoms with van der Waals surface area (Å²) < 4.78 is 0. The lowest BCUT2D eigenvalue weighted by molar-refractivity contribution is 0.543. The highest BCUT2D eigenvalue weighted by molar-refractivity contribution is 5.71. The van der Waals surface area contributed by atoms with E-state index in [1.807, 2.05) is 12.4 Å². The van der Waals surface area contributed by atoms with Crippen molar-refractivity contribution in [2.24, 2.45) is 11.8 Å². The predicted octanol–water partition coefficient (Wildman–Crippen LogP) is 5.10. The molecule has 4 heterocycles. The molecule has 0 radical (unpaired) electrons. The van der Waals surface area contributed by atoms with Crippen molar-refractivity contribution in [1.82, 2.24) is 30.6 Å². The lowest BCUT2D eigenvalue weighted by Crippen LogP contribution is -2.18. The zero-order valence-electron chi connectivity index (χ0n) is 18.8. The number of allylic oxidation sites excluding steroid dienone is 2. The van der Waals surface area contributed by atoms with Gasteiger partial charge in [0.2, 0.25) is 0 Å². The fraction of sp³-hybridized carbons (Fsp3) is 0.286. The van der Waals surface area contributed by atoms with E-state index in [-0.39, 0.29) is 0 Å². The van der Waals surface area contributed by atoms with E-state index in [1.165, 1.54) is 35.2 Å². The summed E-state index contributed by atoms with van der Waals surface area (Å²) in [7, 11) is 0. The SMILES string of the molecule is C1=C2NC(c3ncc(-c4ccc(-c5ccc(-c6cnc(C7CC8CC8N7)[nH]6)cc5)cc4)[nH]3)CC12. The van der Waals surface area contributed by atoms with E-state index < -0.39 is 0 Å². The molecule has 2 aromatic carbocycles. The number of imidazole rings is 2. The van der Waals surface area contributed by atoms with Crippen LogP contribution in [0.1, 0.15) is 43.0 Å². The van der Waals surface area contributed by atoms with Gasteiger partial charge in [-0.05, 0) is 47.4 Å². The molecule has 2 aromatic heterocycles. The Labute approximate surface area is 197 Å². The number of nitrogens with zero attached hydrogens (tertiary/aromatic N) is 2. The maximum absolute atomic E-state index is 4.65. The van der Waals surface area contributed by atoms with Crippen molar-refractivity contribution in [2.45, 2.75) is 37.4 Å². The minimum Gasteiger partial charge on any atom is -0.378 e. The number of piperidine rings is 1. The van der Waals surface area contributed by atoms with E-state index >= 15 is 0 Å². The van der Waals surface area contributed by atoms with Crippen molar-refractivity contribution in [3.05, 3.63) is 84.3 Å². The molecule has 6 nitrogen and oxygen atoms in total. The van der Waals surface area contributed by atoms with Crippen LogP contribution in [0.5, 0.6) is 0 Å². The number of aromatic nitrogens is 4. The molecular formula is C28H26N6. The Hall–Kier alpha value is -3.64. The van der Waals surface area contributed by atoms with Crippen LogP contribution in [0.2, 0.25) is 0 Å². The van der Waals surface area contributed by atoms with Gasteiger partial charge in [-0.1, -0.05) is 54.6 Å². The molecule has 4 aliphatic rings. The quantitative estimate of drug-likeness (QED) is 0.344. The highest BCUT2D eigenvalue weighted by Crippen LogP contribution is 2.45. The van der Waals surface area contributed by atoms with E-state index in [9.17, 15) is 0 Å². The van der Waals surface area contributed by atoms with Crippen molar-refractivity contribution in [1.29, 1.82) is 0 Å². The zero-order chi connectivity index (χ0) is 22.2. The van der Waals surface area contributed by atoms with Crippen LogP contribution in [0.25, 0.3) is 33.6 Å². The second-order valence-corrected chi connectivity index (χ2v) is 10.2. The Kier molecular flexibility index (Phi) is 3.82. The summed E-state index contributed by atoms with van der Waals surface area (Å²) >= 11 is 0. The van der Waals surface area contributed by atoms with Crippen LogP contribution in [0.4, 0.5) is 0 Å². The summed E-state index contributed by atoms with van der Waals surface area (Å²) in [6, 6.07) is 18.9. The van der Waals surface area contributed by atoms with Gasteiger partial charge >= 0.3 is 0 Å². The second kappa shape index (κ2) is 6.93. The fourth-order valence-corrected chi connectivity index (χ4v) is 5.75. The second-order valence-electron chi connectivity index (χ2n) is 10.2. The van der Waals surface area contributed by atoms with Gasteiger partial charge in [0, 0.05) is 17.7 Å². The molecule has 4 N–H and O–H groups in total. The van der Waals surface area contributed by atoms with Gasteiger partial charge in [-0.2, -0.15) is 0 Å². The summed E-state index contributed by atoms with van der Waals surface area (Å²) in [6.07, 6.45) is 9.87. The summed E-state index contributed by atoms with van der Waals surface area (Å²) in [4.78, 5) is 16.3. The number of benzene rings is 2. The number of nitrogens with one attached hydrogen (secondary N) is 4. The van der Waals surface area contributed by atoms with E-state index in [2.05, 4.69) is 85.2 Å². The number of hydrogen-bond acceptors (Lipinski definition) is 4. The molecule has 1 saturated carbocycles. The molecular weight excluding hydrogens is 420 g/mol. The van der Waals surface area contributed by atoms with E-state index in [4.69, 9.17) is 0 Å². The molecule has 168 valence electrons.